The second-order valence-electron chi connectivity index (χ2n) is 7.26. The number of para-hydroxylation sites is 1. The van der Waals surface area contributed by atoms with Crippen LogP contribution in [0.4, 0.5) is 0 Å². The van der Waals surface area contributed by atoms with Crippen LogP contribution < -0.4 is 5.32 Å². The molecule has 1 aromatic carbocycles. The SMILES string of the molecule is CCCCCN(C)C(=O)c1ncn2c1CN(CC(=O)NC)S(=O)(=O)c1ccccc1-2. The minimum absolute atomic E-state index is 0.0698. The van der Waals surface area contributed by atoms with Crippen molar-refractivity contribution in [3.8, 4) is 5.69 Å². The summed E-state index contributed by atoms with van der Waals surface area (Å²) in [5.74, 6) is -0.704. The highest BCUT2D eigenvalue weighted by Gasteiger charge is 2.36. The molecule has 10 heteroatoms. The van der Waals surface area contributed by atoms with Crippen molar-refractivity contribution in [1.82, 2.24) is 24.1 Å². The molecular weight excluding hydrogens is 406 g/mol. The van der Waals surface area contributed by atoms with Gasteiger partial charge >= 0.3 is 0 Å². The molecule has 3 rings (SSSR count). The topological polar surface area (TPSA) is 105 Å². The van der Waals surface area contributed by atoms with Crippen LogP contribution in [0.3, 0.4) is 0 Å². The Hall–Kier alpha value is -2.72. The molecule has 0 unspecified atom stereocenters. The van der Waals surface area contributed by atoms with Gasteiger partial charge in [-0.3, -0.25) is 14.2 Å². The van der Waals surface area contributed by atoms with Gasteiger partial charge in [-0.05, 0) is 18.6 Å². The average molecular weight is 434 g/mol. The van der Waals surface area contributed by atoms with Gasteiger partial charge < -0.3 is 10.2 Å². The highest BCUT2D eigenvalue weighted by atomic mass is 32.2. The molecule has 162 valence electrons. The molecule has 1 aliphatic rings. The summed E-state index contributed by atoms with van der Waals surface area (Å²) >= 11 is 0. The molecule has 2 amide bonds. The van der Waals surface area contributed by atoms with Crippen LogP contribution in [0, 0.1) is 0 Å². The highest BCUT2D eigenvalue weighted by molar-refractivity contribution is 7.89. The zero-order valence-electron chi connectivity index (χ0n) is 17.5. The largest absolute Gasteiger partial charge is 0.358 e. The van der Waals surface area contributed by atoms with E-state index in [4.69, 9.17) is 0 Å². The molecule has 30 heavy (non-hydrogen) atoms. The molecule has 0 spiro atoms. The summed E-state index contributed by atoms with van der Waals surface area (Å²) in [5, 5.41) is 2.45. The number of fused-ring (bicyclic) bond motifs is 3. The van der Waals surface area contributed by atoms with E-state index in [0.717, 1.165) is 23.6 Å². The van der Waals surface area contributed by atoms with Crippen molar-refractivity contribution in [3.05, 3.63) is 42.0 Å². The van der Waals surface area contributed by atoms with Crippen molar-refractivity contribution in [3.63, 3.8) is 0 Å². The molecule has 1 N–H and O–H groups in total. The molecule has 0 fully saturated rings. The first-order valence-electron chi connectivity index (χ1n) is 9.93. The van der Waals surface area contributed by atoms with Gasteiger partial charge in [-0.2, -0.15) is 4.31 Å². The summed E-state index contributed by atoms with van der Waals surface area (Å²) in [6.45, 7) is 2.21. The Balaban J connectivity index is 2.06. The zero-order chi connectivity index (χ0) is 21.9. The monoisotopic (exact) mass is 433 g/mol. The molecule has 1 aromatic heterocycles. The maximum atomic E-state index is 13.2. The Morgan fingerprint density at radius 3 is 2.67 bits per heavy atom. The van der Waals surface area contributed by atoms with Crippen LogP contribution >= 0.6 is 0 Å². The molecule has 2 aromatic rings. The zero-order valence-corrected chi connectivity index (χ0v) is 18.3. The number of rotatable bonds is 7. The van der Waals surface area contributed by atoms with Gasteiger partial charge in [0.1, 0.15) is 11.2 Å². The van der Waals surface area contributed by atoms with Crippen molar-refractivity contribution < 1.29 is 18.0 Å². The summed E-state index contributed by atoms with van der Waals surface area (Å²) in [7, 11) is -0.778. The molecule has 0 saturated heterocycles. The van der Waals surface area contributed by atoms with E-state index in [9.17, 15) is 18.0 Å². The fraction of sp³-hybridized carbons (Fsp3) is 0.450. The maximum Gasteiger partial charge on any atom is 0.274 e. The summed E-state index contributed by atoms with van der Waals surface area (Å²) in [5.41, 5.74) is 1.05. The predicted molar refractivity (Wildman–Crippen MR) is 112 cm³/mol. The lowest BCUT2D eigenvalue weighted by atomic mass is 10.2. The quantitative estimate of drug-likeness (QED) is 0.665. The third-order valence-electron chi connectivity index (χ3n) is 5.18. The van der Waals surface area contributed by atoms with Crippen LogP contribution in [0.5, 0.6) is 0 Å². The number of amides is 2. The number of sulfonamides is 1. The number of carbonyl (C=O) groups is 2. The van der Waals surface area contributed by atoms with Gasteiger partial charge in [0, 0.05) is 20.6 Å². The third kappa shape index (κ3) is 4.10. The normalized spacial score (nSPS) is 15.0. The lowest BCUT2D eigenvalue weighted by Gasteiger charge is -2.20. The van der Waals surface area contributed by atoms with Crippen molar-refractivity contribution in [2.75, 3.05) is 27.2 Å². The molecule has 0 aliphatic carbocycles. The number of benzene rings is 1. The Bertz CT molecular complexity index is 1050. The number of hydrogen-bond donors (Lipinski definition) is 1. The summed E-state index contributed by atoms with van der Waals surface area (Å²) < 4.78 is 29.2. The molecule has 2 heterocycles. The van der Waals surface area contributed by atoms with Gasteiger partial charge in [0.05, 0.1) is 24.5 Å². The lowest BCUT2D eigenvalue weighted by molar-refractivity contribution is -0.120. The van der Waals surface area contributed by atoms with E-state index in [2.05, 4.69) is 17.2 Å². The number of nitrogens with one attached hydrogen (secondary N) is 1. The van der Waals surface area contributed by atoms with Crippen molar-refractivity contribution >= 4 is 21.8 Å². The first-order chi connectivity index (χ1) is 14.3. The van der Waals surface area contributed by atoms with E-state index in [1.807, 2.05) is 0 Å². The Labute approximate surface area is 176 Å². The molecule has 0 bridgehead atoms. The molecule has 9 nitrogen and oxygen atoms in total. The van der Waals surface area contributed by atoms with Gasteiger partial charge in [-0.25, -0.2) is 13.4 Å². The smallest absolute Gasteiger partial charge is 0.274 e. The van der Waals surface area contributed by atoms with E-state index in [1.165, 1.54) is 19.4 Å². The van der Waals surface area contributed by atoms with E-state index < -0.39 is 15.9 Å². The first kappa shape index (κ1) is 22.0. The Morgan fingerprint density at radius 2 is 1.97 bits per heavy atom. The van der Waals surface area contributed by atoms with Gasteiger partial charge in [0.25, 0.3) is 5.91 Å². The molecular formula is C20H27N5O4S. The number of carbonyl (C=O) groups excluding carboxylic acids is 2. The fourth-order valence-corrected chi connectivity index (χ4v) is 4.98. The average Bonchev–Trinajstić information content (AvgIpc) is 3.12. The van der Waals surface area contributed by atoms with Gasteiger partial charge in [0.2, 0.25) is 15.9 Å². The van der Waals surface area contributed by atoms with Crippen LogP contribution in [0.25, 0.3) is 5.69 Å². The maximum absolute atomic E-state index is 13.2. The minimum Gasteiger partial charge on any atom is -0.358 e. The number of unbranched alkanes of at least 4 members (excludes halogenated alkanes) is 2. The standard InChI is InChI=1S/C20H27N5O4S/c1-4-5-8-11-23(3)20(27)19-16-12-24(13-18(26)21-2)30(28,29)17-10-7-6-9-15(17)25(16)14-22-19/h6-7,9-10,14H,4-5,8,11-13H2,1-3H3,(H,21,26). The second kappa shape index (κ2) is 8.97. The second-order valence-corrected chi connectivity index (χ2v) is 9.16. The molecule has 0 saturated carbocycles. The lowest BCUT2D eigenvalue weighted by Crippen LogP contribution is -2.39. The van der Waals surface area contributed by atoms with Crippen molar-refractivity contribution in [2.24, 2.45) is 0 Å². The Kier molecular flexibility index (Phi) is 6.57. The summed E-state index contributed by atoms with van der Waals surface area (Å²) in [6, 6.07) is 6.52. The van der Waals surface area contributed by atoms with Crippen LogP contribution in [0.1, 0.15) is 42.4 Å². The molecule has 1 aliphatic heterocycles. The van der Waals surface area contributed by atoms with Gasteiger partial charge in [-0.1, -0.05) is 31.9 Å². The van der Waals surface area contributed by atoms with Gasteiger partial charge in [0.15, 0.2) is 5.69 Å². The number of hydrogen-bond acceptors (Lipinski definition) is 5. The van der Waals surface area contributed by atoms with Crippen LogP contribution in [0.2, 0.25) is 0 Å². The number of nitrogens with zero attached hydrogens (tertiary/aromatic N) is 4. The van der Waals surface area contributed by atoms with E-state index in [0.29, 0.717) is 17.9 Å². The predicted octanol–water partition coefficient (Wildman–Crippen LogP) is 1.38. The van der Waals surface area contributed by atoms with E-state index in [-0.39, 0.29) is 29.6 Å². The first-order valence-corrected chi connectivity index (χ1v) is 11.4. The Morgan fingerprint density at radius 1 is 1.23 bits per heavy atom. The summed E-state index contributed by atoms with van der Waals surface area (Å²) in [6.07, 6.45) is 4.42. The van der Waals surface area contributed by atoms with Crippen molar-refractivity contribution in [2.45, 2.75) is 37.6 Å². The van der Waals surface area contributed by atoms with Crippen LogP contribution in [0.15, 0.2) is 35.5 Å². The third-order valence-corrected chi connectivity index (χ3v) is 7.02. The molecule has 0 radical (unpaired) electrons. The van der Waals surface area contributed by atoms with Gasteiger partial charge in [-0.15, -0.1) is 0 Å². The van der Waals surface area contributed by atoms with E-state index >= 15 is 0 Å². The van der Waals surface area contributed by atoms with Crippen LogP contribution in [-0.2, 0) is 21.4 Å². The van der Waals surface area contributed by atoms with E-state index in [1.54, 1.807) is 34.7 Å². The fourth-order valence-electron chi connectivity index (χ4n) is 3.44. The number of imidazole rings is 1. The summed E-state index contributed by atoms with van der Waals surface area (Å²) in [4.78, 5) is 31.0. The van der Waals surface area contributed by atoms with Crippen LogP contribution in [-0.4, -0.2) is 66.2 Å². The minimum atomic E-state index is -3.94. The highest BCUT2D eigenvalue weighted by Crippen LogP contribution is 2.31. The van der Waals surface area contributed by atoms with Crippen molar-refractivity contribution in [1.29, 1.82) is 0 Å². The number of aromatic nitrogens is 2. The number of likely N-dealkylation sites (N-methyl/N-ethyl adjacent to an activating group) is 1. The molecule has 0 atom stereocenters.